The third kappa shape index (κ3) is 4.27. The Morgan fingerprint density at radius 3 is 2.67 bits per heavy atom. The molecule has 5 rings (SSSR count). The van der Waals surface area contributed by atoms with Crippen molar-refractivity contribution < 1.29 is 22.1 Å². The molecule has 0 saturated carbocycles. The van der Waals surface area contributed by atoms with E-state index in [0.717, 1.165) is 35.6 Å². The molecule has 14 heteroatoms. The summed E-state index contributed by atoms with van der Waals surface area (Å²) in [5, 5.41) is 12.6. The van der Waals surface area contributed by atoms with E-state index in [1.54, 1.807) is 16.0 Å². The minimum absolute atomic E-state index is 0.0933. The molecule has 0 aliphatic rings. The number of nitrogens with one attached hydrogen (secondary N) is 2. The van der Waals surface area contributed by atoms with Crippen LogP contribution in [0.2, 0.25) is 0 Å². The molecule has 36 heavy (non-hydrogen) atoms. The Hall–Kier alpha value is -3.96. The number of anilines is 2. The van der Waals surface area contributed by atoms with Crippen LogP contribution in [0.25, 0.3) is 22.2 Å². The molecule has 3 aromatic heterocycles. The van der Waals surface area contributed by atoms with Crippen molar-refractivity contribution in [1.82, 2.24) is 35.0 Å². The van der Waals surface area contributed by atoms with Gasteiger partial charge >= 0.3 is 5.92 Å². The summed E-state index contributed by atoms with van der Waals surface area (Å²) in [6, 6.07) is 12.4. The van der Waals surface area contributed by atoms with Gasteiger partial charge in [-0.2, -0.15) is 13.2 Å². The normalized spacial score (nSPS) is 13.7. The monoisotopic (exact) mass is 516 g/mol. The molecule has 0 radical (unpaired) electrons. The predicted molar refractivity (Wildman–Crippen MR) is 126 cm³/mol. The molecule has 1 atom stereocenters. The fourth-order valence-corrected chi connectivity index (χ4v) is 5.11. The van der Waals surface area contributed by atoms with Gasteiger partial charge in [-0.1, -0.05) is 17.3 Å². The van der Waals surface area contributed by atoms with Crippen LogP contribution < -0.4 is 15.7 Å². The molecule has 0 aliphatic carbocycles. The maximum Gasteiger partial charge on any atom is 0.458 e. The van der Waals surface area contributed by atoms with Crippen molar-refractivity contribution >= 4 is 46.3 Å². The van der Waals surface area contributed by atoms with Gasteiger partial charge in [0.2, 0.25) is 5.65 Å². The van der Waals surface area contributed by atoms with Crippen LogP contribution in [-0.4, -0.2) is 42.9 Å². The minimum atomic E-state index is -5.16. The number of aromatic nitrogens is 6. The molecule has 0 fully saturated rings. The van der Waals surface area contributed by atoms with Crippen LogP contribution in [0.5, 0.6) is 0 Å². The maximum atomic E-state index is 14.6. The molecule has 0 amide bonds. The maximum absolute atomic E-state index is 14.6. The van der Waals surface area contributed by atoms with Gasteiger partial charge in [0.25, 0.3) is 7.29 Å². The Kier molecular flexibility index (Phi) is 5.89. The zero-order valence-corrected chi connectivity index (χ0v) is 19.4. The molecule has 1 unspecified atom stereocenters. The predicted octanol–water partition coefficient (Wildman–Crippen LogP) is 4.34. The summed E-state index contributed by atoms with van der Waals surface area (Å²) < 4.78 is 68.2. The van der Waals surface area contributed by atoms with Crippen molar-refractivity contribution in [3.63, 3.8) is 0 Å². The Bertz CT molecular complexity index is 1640. The summed E-state index contributed by atoms with van der Waals surface area (Å²) in [6.07, 6.45) is 3.05. The first-order valence-electron chi connectivity index (χ1n) is 10.5. The molecule has 2 aromatic carbocycles. The number of nitrogens with zero attached hydrogens (tertiary/aromatic N) is 6. The van der Waals surface area contributed by atoms with E-state index >= 15 is 0 Å². The van der Waals surface area contributed by atoms with E-state index in [1.807, 2.05) is 30.3 Å². The van der Waals surface area contributed by atoms with Gasteiger partial charge < -0.3 is 5.32 Å². The second-order valence-corrected chi connectivity index (χ2v) is 10.4. The smallest absolute Gasteiger partial charge is 0.339 e. The molecule has 0 saturated heterocycles. The highest BCUT2D eigenvalue weighted by Gasteiger charge is 2.52. The highest BCUT2D eigenvalue weighted by atomic mass is 31.2. The van der Waals surface area contributed by atoms with Crippen molar-refractivity contribution in [3.05, 3.63) is 72.3 Å². The molecule has 0 bridgehead atoms. The summed E-state index contributed by atoms with van der Waals surface area (Å²) in [7, 11) is -4.29. The Morgan fingerprint density at radius 2 is 1.92 bits per heavy atom. The standard InChI is InChI=1S/C22H17F4N8OP/c1-27-36(35,22(24,25)26)18-7-5-15(10-16(18)23)30-19-11-29-20-21(31-19)34(33-32-20)12-13-4-6-17-14(9-13)3-2-8-28-17/h2-11H,12H2,1H3,(H,27,35)(H,30,31). The van der Waals surface area contributed by atoms with Crippen molar-refractivity contribution in [3.8, 4) is 0 Å². The average Bonchev–Trinajstić information content (AvgIpc) is 3.24. The number of hydrogen-bond acceptors (Lipinski definition) is 7. The van der Waals surface area contributed by atoms with Crippen LogP contribution in [0.3, 0.4) is 0 Å². The second-order valence-electron chi connectivity index (χ2n) is 7.77. The zero-order valence-electron chi connectivity index (χ0n) is 18.5. The minimum Gasteiger partial charge on any atom is -0.339 e. The number of alkyl halides is 3. The fraction of sp³-hybridized carbons (Fsp3) is 0.136. The number of pyridine rings is 1. The summed E-state index contributed by atoms with van der Waals surface area (Å²) >= 11 is 0. The summed E-state index contributed by atoms with van der Waals surface area (Å²) in [5.41, 5.74) is 2.51. The van der Waals surface area contributed by atoms with Crippen molar-refractivity contribution in [2.75, 3.05) is 12.4 Å². The van der Waals surface area contributed by atoms with Crippen LogP contribution in [0.15, 0.2) is 60.9 Å². The summed E-state index contributed by atoms with van der Waals surface area (Å²) in [4.78, 5) is 12.9. The molecule has 2 N–H and O–H groups in total. The van der Waals surface area contributed by atoms with Gasteiger partial charge in [0.15, 0.2) is 11.5 Å². The van der Waals surface area contributed by atoms with Gasteiger partial charge in [-0.3, -0.25) is 14.6 Å². The third-order valence-electron chi connectivity index (χ3n) is 5.46. The molecule has 184 valence electrons. The zero-order chi connectivity index (χ0) is 25.5. The molecular formula is C22H17F4N8OP. The molecule has 9 nitrogen and oxygen atoms in total. The van der Waals surface area contributed by atoms with E-state index in [2.05, 4.69) is 30.6 Å². The number of fused-ring (bicyclic) bond motifs is 2. The lowest BCUT2D eigenvalue weighted by Crippen LogP contribution is -2.29. The molecule has 0 spiro atoms. The lowest BCUT2D eigenvalue weighted by Gasteiger charge is -2.21. The van der Waals surface area contributed by atoms with Crippen LogP contribution in [-0.2, 0) is 11.1 Å². The SMILES string of the molecule is CNP(=O)(c1ccc(Nc2cnc3nnn(Cc4ccc5ncccc5c4)c3n2)cc1F)C(F)(F)F. The first-order valence-corrected chi connectivity index (χ1v) is 12.2. The van der Waals surface area contributed by atoms with Crippen LogP contribution in [0.4, 0.5) is 29.1 Å². The van der Waals surface area contributed by atoms with E-state index in [1.165, 1.54) is 12.3 Å². The van der Waals surface area contributed by atoms with Gasteiger partial charge in [-0.25, -0.2) is 19.0 Å². The number of hydrogen-bond donors (Lipinski definition) is 2. The van der Waals surface area contributed by atoms with Gasteiger partial charge in [0, 0.05) is 17.3 Å². The second kappa shape index (κ2) is 8.92. The van der Waals surface area contributed by atoms with Gasteiger partial charge in [-0.15, -0.1) is 5.10 Å². The van der Waals surface area contributed by atoms with Gasteiger partial charge in [0.05, 0.1) is 23.6 Å². The fourth-order valence-electron chi connectivity index (χ4n) is 3.69. The Labute approximate surface area is 201 Å². The highest BCUT2D eigenvalue weighted by molar-refractivity contribution is 7.70. The lowest BCUT2D eigenvalue weighted by atomic mass is 10.1. The Morgan fingerprint density at radius 1 is 1.08 bits per heavy atom. The van der Waals surface area contributed by atoms with E-state index in [0.29, 0.717) is 12.2 Å². The number of benzene rings is 2. The first-order chi connectivity index (χ1) is 17.2. The van der Waals surface area contributed by atoms with Crippen LogP contribution >= 0.6 is 7.29 Å². The largest absolute Gasteiger partial charge is 0.458 e. The first kappa shape index (κ1) is 23.8. The summed E-state index contributed by atoms with van der Waals surface area (Å²) in [6.45, 7) is 0.347. The topological polar surface area (TPSA) is 111 Å². The van der Waals surface area contributed by atoms with Crippen molar-refractivity contribution in [2.24, 2.45) is 0 Å². The highest BCUT2D eigenvalue weighted by Crippen LogP contribution is 2.56. The molecule has 0 aliphatic heterocycles. The Balaban J connectivity index is 1.42. The molecular weight excluding hydrogens is 499 g/mol. The molecule has 3 heterocycles. The summed E-state index contributed by atoms with van der Waals surface area (Å²) in [5.74, 6) is -6.23. The van der Waals surface area contributed by atoms with Crippen LogP contribution in [0, 0.1) is 5.82 Å². The van der Waals surface area contributed by atoms with Gasteiger partial charge in [-0.05, 0) is 49.0 Å². The number of halogens is 4. The van der Waals surface area contributed by atoms with E-state index < -0.39 is 24.3 Å². The third-order valence-corrected chi connectivity index (χ3v) is 7.84. The van der Waals surface area contributed by atoms with Gasteiger partial charge in [0.1, 0.15) is 5.82 Å². The van der Waals surface area contributed by atoms with E-state index in [4.69, 9.17) is 0 Å². The van der Waals surface area contributed by atoms with Crippen LogP contribution in [0.1, 0.15) is 5.56 Å². The van der Waals surface area contributed by atoms with E-state index in [9.17, 15) is 22.1 Å². The quantitative estimate of drug-likeness (QED) is 0.253. The average molecular weight is 516 g/mol. The molecule has 5 aromatic rings. The van der Waals surface area contributed by atoms with E-state index in [-0.39, 0.29) is 17.2 Å². The van der Waals surface area contributed by atoms with Crippen molar-refractivity contribution in [1.29, 1.82) is 0 Å². The lowest BCUT2D eigenvalue weighted by molar-refractivity contribution is -0.0463. The van der Waals surface area contributed by atoms with Crippen molar-refractivity contribution in [2.45, 2.75) is 12.5 Å². The number of rotatable bonds is 6.